The van der Waals surface area contributed by atoms with Crippen molar-refractivity contribution in [3.63, 3.8) is 0 Å². The fourth-order valence-electron chi connectivity index (χ4n) is 3.39. The maximum absolute atomic E-state index is 13.9. The van der Waals surface area contributed by atoms with Crippen molar-refractivity contribution in [3.8, 4) is 5.75 Å². The fraction of sp³-hybridized carbons (Fsp3) is 0.417. The number of methoxy groups -OCH3 is 2. The number of hydrogen-bond acceptors (Lipinski definition) is 5. The Morgan fingerprint density at radius 2 is 1.94 bits per heavy atom. The van der Waals surface area contributed by atoms with Crippen molar-refractivity contribution in [3.05, 3.63) is 53.6 Å². The van der Waals surface area contributed by atoms with Gasteiger partial charge in [-0.15, -0.1) is 0 Å². The van der Waals surface area contributed by atoms with Crippen LogP contribution in [-0.2, 0) is 16.2 Å². The van der Waals surface area contributed by atoms with Crippen LogP contribution < -0.4 is 9.64 Å². The van der Waals surface area contributed by atoms with Gasteiger partial charge in [0.2, 0.25) is 0 Å². The monoisotopic (exact) mass is 477 g/mol. The quantitative estimate of drug-likeness (QED) is 0.320. The van der Waals surface area contributed by atoms with E-state index in [1.165, 1.54) is 37.3 Å². The SMILES string of the molecule is COCN(C(=O)c1cc(C)c2ncn(COCCS(C)(C)C)c2c1)c1ccc(F)c(OC)c1. The van der Waals surface area contributed by atoms with Gasteiger partial charge in [0.25, 0.3) is 5.91 Å². The molecule has 0 aliphatic heterocycles. The van der Waals surface area contributed by atoms with Gasteiger partial charge in [-0.2, -0.15) is 0 Å². The van der Waals surface area contributed by atoms with Crippen LogP contribution in [0.1, 0.15) is 15.9 Å². The lowest BCUT2D eigenvalue weighted by atomic mass is 10.1. The third-order valence-electron chi connectivity index (χ3n) is 5.18. The third kappa shape index (κ3) is 6.04. The van der Waals surface area contributed by atoms with Crippen molar-refractivity contribution in [1.29, 1.82) is 0 Å². The van der Waals surface area contributed by atoms with E-state index in [0.717, 1.165) is 22.3 Å². The van der Waals surface area contributed by atoms with Crippen LogP contribution in [0.5, 0.6) is 5.75 Å². The summed E-state index contributed by atoms with van der Waals surface area (Å²) < 4.78 is 32.0. The smallest absolute Gasteiger partial charge is 0.260 e. The molecule has 2 aromatic carbocycles. The number of aromatic nitrogens is 2. The predicted molar refractivity (Wildman–Crippen MR) is 132 cm³/mol. The zero-order valence-corrected chi connectivity index (χ0v) is 20.9. The van der Waals surface area contributed by atoms with Crippen molar-refractivity contribution < 1.29 is 23.4 Å². The lowest BCUT2D eigenvalue weighted by molar-refractivity contribution is 0.0918. The number of aryl methyl sites for hydroxylation is 1. The molecule has 3 rings (SSSR count). The fourth-order valence-corrected chi connectivity index (χ4v) is 4.01. The average molecular weight is 478 g/mol. The second-order valence-corrected chi connectivity index (χ2v) is 13.3. The molecule has 0 aliphatic rings. The number of rotatable bonds is 10. The molecular formula is C24H32FN3O4S. The highest BCUT2D eigenvalue weighted by atomic mass is 32.3. The van der Waals surface area contributed by atoms with Gasteiger partial charge in [-0.25, -0.2) is 19.4 Å². The van der Waals surface area contributed by atoms with E-state index in [9.17, 15) is 9.18 Å². The van der Waals surface area contributed by atoms with Crippen LogP contribution in [0.4, 0.5) is 10.1 Å². The Morgan fingerprint density at radius 1 is 1.18 bits per heavy atom. The molecule has 0 bridgehead atoms. The summed E-state index contributed by atoms with van der Waals surface area (Å²) in [6, 6.07) is 7.88. The first-order valence-electron chi connectivity index (χ1n) is 10.5. The van der Waals surface area contributed by atoms with Crippen molar-refractivity contribution in [2.45, 2.75) is 13.7 Å². The second kappa shape index (κ2) is 10.5. The van der Waals surface area contributed by atoms with E-state index < -0.39 is 15.8 Å². The van der Waals surface area contributed by atoms with Crippen molar-refractivity contribution in [2.75, 3.05) is 57.0 Å². The Balaban J connectivity index is 1.90. The normalized spacial score (nSPS) is 12.2. The zero-order chi connectivity index (χ0) is 24.2. The van der Waals surface area contributed by atoms with Gasteiger partial charge in [0.15, 0.2) is 11.6 Å². The average Bonchev–Trinajstić information content (AvgIpc) is 3.18. The van der Waals surface area contributed by atoms with Crippen LogP contribution in [0.3, 0.4) is 0 Å². The first kappa shape index (κ1) is 25.0. The number of fused-ring (bicyclic) bond motifs is 1. The van der Waals surface area contributed by atoms with E-state index in [1.807, 2.05) is 11.5 Å². The highest BCUT2D eigenvalue weighted by Crippen LogP contribution is 2.33. The molecule has 1 heterocycles. The van der Waals surface area contributed by atoms with E-state index in [2.05, 4.69) is 23.8 Å². The first-order valence-corrected chi connectivity index (χ1v) is 13.5. The largest absolute Gasteiger partial charge is 0.494 e. The Bertz CT molecular complexity index is 1130. The molecule has 180 valence electrons. The minimum atomic E-state index is -0.626. The minimum Gasteiger partial charge on any atom is -0.494 e. The highest BCUT2D eigenvalue weighted by molar-refractivity contribution is 8.32. The number of imidazole rings is 1. The second-order valence-electron chi connectivity index (χ2n) is 8.68. The number of nitrogens with zero attached hydrogens (tertiary/aromatic N) is 3. The summed E-state index contributed by atoms with van der Waals surface area (Å²) in [5.74, 6) is 0.302. The van der Waals surface area contributed by atoms with E-state index in [-0.39, 0.29) is 18.4 Å². The lowest BCUT2D eigenvalue weighted by Crippen LogP contribution is -2.33. The zero-order valence-electron chi connectivity index (χ0n) is 20.1. The van der Waals surface area contributed by atoms with Gasteiger partial charge in [0, 0.05) is 24.5 Å². The Labute approximate surface area is 195 Å². The summed E-state index contributed by atoms with van der Waals surface area (Å²) in [7, 11) is 2.26. The number of benzene rings is 2. The maximum Gasteiger partial charge on any atom is 0.260 e. The van der Waals surface area contributed by atoms with Crippen LogP contribution in [0.25, 0.3) is 11.0 Å². The van der Waals surface area contributed by atoms with E-state index in [4.69, 9.17) is 14.2 Å². The number of halogens is 1. The number of anilines is 1. The molecule has 0 atom stereocenters. The number of hydrogen-bond donors (Lipinski definition) is 0. The number of carbonyl (C=O) groups excluding carboxylic acids is 1. The molecule has 0 saturated carbocycles. The molecule has 1 amide bonds. The molecule has 0 saturated heterocycles. The van der Waals surface area contributed by atoms with Gasteiger partial charge in [-0.1, -0.05) is 0 Å². The molecular weight excluding hydrogens is 445 g/mol. The number of amides is 1. The number of ether oxygens (including phenoxy) is 3. The van der Waals surface area contributed by atoms with Crippen molar-refractivity contribution in [1.82, 2.24) is 9.55 Å². The minimum absolute atomic E-state index is 0.00220. The Kier molecular flexibility index (Phi) is 7.99. The van der Waals surface area contributed by atoms with Crippen LogP contribution in [0, 0.1) is 12.7 Å². The summed E-state index contributed by atoms with van der Waals surface area (Å²) in [5.41, 5.74) is 3.46. The highest BCUT2D eigenvalue weighted by Gasteiger charge is 2.21. The molecule has 1 aromatic heterocycles. The first-order chi connectivity index (χ1) is 15.6. The van der Waals surface area contributed by atoms with Gasteiger partial charge in [0.05, 0.1) is 36.8 Å². The molecule has 0 spiro atoms. The summed E-state index contributed by atoms with van der Waals surface area (Å²) >= 11 is 0. The van der Waals surface area contributed by atoms with E-state index >= 15 is 0 Å². The molecule has 0 unspecified atom stereocenters. The van der Waals surface area contributed by atoms with Crippen LogP contribution >= 0.6 is 10.0 Å². The third-order valence-corrected chi connectivity index (χ3v) is 6.57. The molecule has 0 aliphatic carbocycles. The molecule has 3 aromatic rings. The van der Waals surface area contributed by atoms with Crippen molar-refractivity contribution >= 4 is 32.7 Å². The van der Waals surface area contributed by atoms with Gasteiger partial charge >= 0.3 is 0 Å². The molecule has 0 N–H and O–H groups in total. The molecule has 0 fully saturated rings. The molecule has 0 radical (unpaired) electrons. The van der Waals surface area contributed by atoms with Gasteiger partial charge in [-0.05, 0) is 55.5 Å². The Morgan fingerprint density at radius 3 is 2.61 bits per heavy atom. The Hall–Kier alpha value is -2.62. The standard InChI is InChI=1S/C24H32FN3O4S/c1-17-11-18(12-21-23(17)26-14-27(21)15-32-9-10-33(4,5)6)24(29)28(16-30-2)19-7-8-20(25)22(13-19)31-3/h7-8,11-14H,9-10,15-16H2,1-6H3. The van der Waals surface area contributed by atoms with Gasteiger partial charge < -0.3 is 18.8 Å². The summed E-state index contributed by atoms with van der Waals surface area (Å²) in [6.45, 7) is 2.95. The molecule has 9 heteroatoms. The lowest BCUT2D eigenvalue weighted by Gasteiger charge is -2.24. The van der Waals surface area contributed by atoms with Gasteiger partial charge in [0.1, 0.15) is 13.5 Å². The van der Waals surface area contributed by atoms with E-state index in [1.54, 1.807) is 18.5 Å². The van der Waals surface area contributed by atoms with Crippen molar-refractivity contribution in [2.24, 2.45) is 0 Å². The van der Waals surface area contributed by atoms with Crippen LogP contribution in [-0.4, -0.2) is 67.5 Å². The van der Waals surface area contributed by atoms with Gasteiger partial charge in [-0.3, -0.25) is 9.69 Å². The van der Waals surface area contributed by atoms with Crippen LogP contribution in [0.2, 0.25) is 0 Å². The number of carbonyl (C=O) groups is 1. The molecule has 7 nitrogen and oxygen atoms in total. The maximum atomic E-state index is 13.9. The predicted octanol–water partition coefficient (Wildman–Crippen LogP) is 4.41. The topological polar surface area (TPSA) is 65.8 Å². The summed E-state index contributed by atoms with van der Waals surface area (Å²) in [5, 5.41) is 0. The summed E-state index contributed by atoms with van der Waals surface area (Å²) in [6.07, 6.45) is 8.50. The molecule has 33 heavy (non-hydrogen) atoms. The summed E-state index contributed by atoms with van der Waals surface area (Å²) in [4.78, 5) is 19.4. The van der Waals surface area contributed by atoms with E-state index in [0.29, 0.717) is 24.6 Å². The van der Waals surface area contributed by atoms with Crippen LogP contribution in [0.15, 0.2) is 36.7 Å².